The summed E-state index contributed by atoms with van der Waals surface area (Å²) in [5.41, 5.74) is 2.83. The number of hydrogen-bond donors (Lipinski definition) is 1. The number of sulfonamides is 1. The van der Waals surface area contributed by atoms with Gasteiger partial charge in [0, 0.05) is 18.4 Å². The number of anilines is 1. The molecule has 2 aromatic heterocycles. The number of aromatic nitrogens is 3. The van der Waals surface area contributed by atoms with Crippen molar-refractivity contribution < 1.29 is 22.6 Å². The van der Waals surface area contributed by atoms with Gasteiger partial charge in [0.15, 0.2) is 0 Å². The van der Waals surface area contributed by atoms with E-state index in [0.717, 1.165) is 17.5 Å². The van der Waals surface area contributed by atoms with Gasteiger partial charge in [-0.05, 0) is 23.8 Å². The number of H-pyrrole nitrogens is 1. The molecule has 0 atom stereocenters. The average molecular weight is 475 g/mol. The Bertz CT molecular complexity index is 1300. The molecule has 0 spiro atoms. The quantitative estimate of drug-likeness (QED) is 0.554. The minimum atomic E-state index is -3.70. The van der Waals surface area contributed by atoms with E-state index in [0.29, 0.717) is 43.1 Å². The number of ether oxygens (including phenoxy) is 3. The molecule has 0 fully saturated rings. The molecular formula is C22H26N4O6S. The van der Waals surface area contributed by atoms with Gasteiger partial charge in [0.2, 0.25) is 15.9 Å². The minimum absolute atomic E-state index is 0.0679. The van der Waals surface area contributed by atoms with Crippen molar-refractivity contribution in [1.82, 2.24) is 14.8 Å². The number of nitrogens with one attached hydrogen (secondary N) is 1. The van der Waals surface area contributed by atoms with Crippen molar-refractivity contribution in [3.63, 3.8) is 0 Å². The zero-order chi connectivity index (χ0) is 23.6. The standard InChI is InChI=1S/C22H26N4O6S/c1-30-17-6-4-15(5-7-17)14-25(33(3,28)29)20-12-16(13-23-22(20)31-2)26-19-9-11-32-10-8-18(19)21(27)24-26/h4-7,12-13H,8-11,14H2,1-3H3,(H,24,27). The van der Waals surface area contributed by atoms with Crippen LogP contribution in [-0.2, 0) is 34.1 Å². The Morgan fingerprint density at radius 3 is 2.55 bits per heavy atom. The molecule has 1 N–H and O–H groups in total. The Morgan fingerprint density at radius 2 is 1.88 bits per heavy atom. The maximum atomic E-state index is 12.8. The van der Waals surface area contributed by atoms with E-state index in [4.69, 9.17) is 14.2 Å². The fourth-order valence-electron chi connectivity index (χ4n) is 3.85. The lowest BCUT2D eigenvalue weighted by Gasteiger charge is -2.24. The van der Waals surface area contributed by atoms with Gasteiger partial charge in [-0.3, -0.25) is 18.9 Å². The zero-order valence-corrected chi connectivity index (χ0v) is 19.5. The molecule has 176 valence electrons. The summed E-state index contributed by atoms with van der Waals surface area (Å²) in [7, 11) is -0.702. The highest BCUT2D eigenvalue weighted by Gasteiger charge is 2.25. The van der Waals surface area contributed by atoms with Crippen LogP contribution in [0, 0.1) is 0 Å². The predicted octanol–water partition coefficient (Wildman–Crippen LogP) is 1.66. The Labute approximate surface area is 191 Å². The Kier molecular flexibility index (Phi) is 6.43. The van der Waals surface area contributed by atoms with E-state index < -0.39 is 10.0 Å². The fourth-order valence-corrected chi connectivity index (χ4v) is 4.73. The molecule has 4 rings (SSSR count). The van der Waals surface area contributed by atoms with E-state index in [-0.39, 0.29) is 23.7 Å². The van der Waals surface area contributed by atoms with Crippen molar-refractivity contribution in [2.75, 3.05) is 38.0 Å². The van der Waals surface area contributed by atoms with E-state index in [9.17, 15) is 13.2 Å². The summed E-state index contributed by atoms with van der Waals surface area (Å²) in [4.78, 5) is 16.8. The summed E-state index contributed by atoms with van der Waals surface area (Å²) in [6.07, 6.45) is 3.74. The third-order valence-corrected chi connectivity index (χ3v) is 6.64. The normalized spacial score (nSPS) is 13.8. The Morgan fingerprint density at radius 1 is 1.15 bits per heavy atom. The van der Waals surface area contributed by atoms with Crippen molar-refractivity contribution in [3.05, 3.63) is 63.7 Å². The van der Waals surface area contributed by atoms with Gasteiger partial charge in [-0.15, -0.1) is 0 Å². The highest BCUT2D eigenvalue weighted by molar-refractivity contribution is 7.92. The summed E-state index contributed by atoms with van der Waals surface area (Å²) in [5, 5.41) is 2.85. The van der Waals surface area contributed by atoms with Crippen LogP contribution >= 0.6 is 0 Å². The van der Waals surface area contributed by atoms with Crippen LogP contribution in [0.4, 0.5) is 5.69 Å². The Hall–Kier alpha value is -3.31. The van der Waals surface area contributed by atoms with Gasteiger partial charge in [0.05, 0.1) is 57.8 Å². The summed E-state index contributed by atoms with van der Waals surface area (Å²) in [5.74, 6) is 0.828. The topological polar surface area (TPSA) is 116 Å². The second-order valence-electron chi connectivity index (χ2n) is 7.65. The molecule has 1 aromatic carbocycles. The highest BCUT2D eigenvalue weighted by Crippen LogP contribution is 2.32. The summed E-state index contributed by atoms with van der Waals surface area (Å²) < 4.78 is 44.5. The molecule has 0 aliphatic carbocycles. The van der Waals surface area contributed by atoms with Crippen molar-refractivity contribution >= 4 is 15.7 Å². The van der Waals surface area contributed by atoms with Crippen LogP contribution in [0.3, 0.4) is 0 Å². The fraction of sp³-hybridized carbons (Fsp3) is 0.364. The number of nitrogens with zero attached hydrogens (tertiary/aromatic N) is 3. The van der Waals surface area contributed by atoms with E-state index >= 15 is 0 Å². The van der Waals surface area contributed by atoms with Gasteiger partial charge in [-0.1, -0.05) is 12.1 Å². The van der Waals surface area contributed by atoms with Crippen molar-refractivity contribution in [2.24, 2.45) is 0 Å². The lowest BCUT2D eigenvalue weighted by Crippen LogP contribution is -2.30. The zero-order valence-electron chi connectivity index (χ0n) is 18.7. The molecule has 3 heterocycles. The van der Waals surface area contributed by atoms with Crippen LogP contribution in [0.5, 0.6) is 11.6 Å². The minimum Gasteiger partial charge on any atom is -0.497 e. The van der Waals surface area contributed by atoms with Crippen molar-refractivity contribution in [3.8, 4) is 17.3 Å². The highest BCUT2D eigenvalue weighted by atomic mass is 32.2. The molecule has 0 saturated carbocycles. The average Bonchev–Trinajstić information content (AvgIpc) is 2.96. The summed E-state index contributed by atoms with van der Waals surface area (Å²) >= 11 is 0. The maximum Gasteiger partial charge on any atom is 0.267 e. The molecule has 0 saturated heterocycles. The molecule has 0 bridgehead atoms. The second kappa shape index (κ2) is 9.28. The van der Waals surface area contributed by atoms with E-state index in [1.165, 1.54) is 17.6 Å². The number of benzene rings is 1. The number of fused-ring (bicyclic) bond motifs is 1. The number of pyridine rings is 1. The van der Waals surface area contributed by atoms with Gasteiger partial charge < -0.3 is 14.2 Å². The van der Waals surface area contributed by atoms with Crippen LogP contribution < -0.4 is 19.3 Å². The first-order chi connectivity index (χ1) is 15.8. The summed E-state index contributed by atoms with van der Waals surface area (Å²) in [6.45, 7) is 1.04. The lowest BCUT2D eigenvalue weighted by atomic mass is 10.1. The third kappa shape index (κ3) is 4.74. The van der Waals surface area contributed by atoms with Crippen LogP contribution in [0.2, 0.25) is 0 Å². The predicted molar refractivity (Wildman–Crippen MR) is 123 cm³/mol. The number of methoxy groups -OCH3 is 2. The van der Waals surface area contributed by atoms with Crippen LogP contribution in [0.25, 0.3) is 5.69 Å². The molecule has 0 amide bonds. The number of rotatable bonds is 7. The molecule has 3 aromatic rings. The van der Waals surface area contributed by atoms with Crippen molar-refractivity contribution in [2.45, 2.75) is 19.4 Å². The molecule has 0 unspecified atom stereocenters. The van der Waals surface area contributed by atoms with Crippen LogP contribution in [-0.4, -0.2) is 56.9 Å². The maximum absolute atomic E-state index is 12.8. The molecule has 33 heavy (non-hydrogen) atoms. The Balaban J connectivity index is 1.80. The largest absolute Gasteiger partial charge is 0.497 e. The van der Waals surface area contributed by atoms with E-state index in [1.54, 1.807) is 42.1 Å². The molecule has 1 aliphatic heterocycles. The molecular weight excluding hydrogens is 448 g/mol. The SMILES string of the molecule is COc1ccc(CN(c2cc(-n3[nH]c(=O)c4c3CCOCC4)cnc2OC)S(C)(=O)=O)cc1. The van der Waals surface area contributed by atoms with E-state index in [1.807, 2.05) is 0 Å². The van der Waals surface area contributed by atoms with Gasteiger partial charge in [-0.2, -0.15) is 0 Å². The third-order valence-electron chi connectivity index (χ3n) is 5.51. The monoisotopic (exact) mass is 474 g/mol. The summed E-state index contributed by atoms with van der Waals surface area (Å²) in [6, 6.07) is 8.78. The lowest BCUT2D eigenvalue weighted by molar-refractivity contribution is 0.145. The van der Waals surface area contributed by atoms with Crippen molar-refractivity contribution in [1.29, 1.82) is 0 Å². The first-order valence-electron chi connectivity index (χ1n) is 10.4. The molecule has 10 nitrogen and oxygen atoms in total. The molecule has 0 radical (unpaired) electrons. The first-order valence-corrected chi connectivity index (χ1v) is 12.2. The van der Waals surface area contributed by atoms with Crippen LogP contribution in [0.15, 0.2) is 41.3 Å². The second-order valence-corrected chi connectivity index (χ2v) is 9.56. The van der Waals surface area contributed by atoms with Crippen LogP contribution in [0.1, 0.15) is 16.8 Å². The van der Waals surface area contributed by atoms with E-state index in [2.05, 4.69) is 10.1 Å². The van der Waals surface area contributed by atoms with Gasteiger partial charge >= 0.3 is 0 Å². The van der Waals surface area contributed by atoms with Gasteiger partial charge in [0.1, 0.15) is 11.4 Å². The first kappa shape index (κ1) is 22.9. The molecule has 11 heteroatoms. The van der Waals surface area contributed by atoms with Gasteiger partial charge in [-0.25, -0.2) is 13.4 Å². The molecule has 1 aliphatic rings. The number of aromatic amines is 1. The smallest absolute Gasteiger partial charge is 0.267 e. The van der Waals surface area contributed by atoms with Gasteiger partial charge in [0.25, 0.3) is 5.56 Å². The number of hydrogen-bond acceptors (Lipinski definition) is 7.